The van der Waals surface area contributed by atoms with Gasteiger partial charge in [0.25, 0.3) is 0 Å². The Morgan fingerprint density at radius 2 is 1.62 bits per heavy atom. The van der Waals surface area contributed by atoms with E-state index in [-0.39, 0.29) is 0 Å². The SMILES string of the molecule is CCCCC(CC)CNc1ccccc1-c1ccccc1. The van der Waals surface area contributed by atoms with Gasteiger partial charge < -0.3 is 5.32 Å². The highest BCUT2D eigenvalue weighted by molar-refractivity contribution is 5.77. The molecular weight excluding hydrogens is 254 g/mol. The molecule has 0 aromatic heterocycles. The number of rotatable bonds is 8. The van der Waals surface area contributed by atoms with Gasteiger partial charge in [-0.15, -0.1) is 0 Å². The van der Waals surface area contributed by atoms with Crippen molar-refractivity contribution in [2.75, 3.05) is 11.9 Å². The maximum atomic E-state index is 3.67. The Bertz CT molecular complexity index is 518. The molecule has 112 valence electrons. The number of hydrogen-bond donors (Lipinski definition) is 1. The fourth-order valence-electron chi connectivity index (χ4n) is 2.70. The van der Waals surface area contributed by atoms with Gasteiger partial charge in [0.2, 0.25) is 0 Å². The van der Waals surface area contributed by atoms with Crippen molar-refractivity contribution in [3.05, 3.63) is 54.6 Å². The average Bonchev–Trinajstić information content (AvgIpc) is 2.56. The first-order chi connectivity index (χ1) is 10.3. The summed E-state index contributed by atoms with van der Waals surface area (Å²) in [4.78, 5) is 0. The summed E-state index contributed by atoms with van der Waals surface area (Å²) in [5.74, 6) is 0.772. The number of benzene rings is 2. The van der Waals surface area contributed by atoms with Crippen molar-refractivity contribution >= 4 is 5.69 Å². The predicted molar refractivity (Wildman–Crippen MR) is 93.7 cm³/mol. The molecule has 0 amide bonds. The minimum Gasteiger partial charge on any atom is -0.384 e. The summed E-state index contributed by atoms with van der Waals surface area (Å²) in [6.45, 7) is 5.64. The zero-order valence-corrected chi connectivity index (χ0v) is 13.3. The van der Waals surface area contributed by atoms with Gasteiger partial charge in [-0.25, -0.2) is 0 Å². The molecule has 0 heterocycles. The topological polar surface area (TPSA) is 12.0 Å². The lowest BCUT2D eigenvalue weighted by Crippen LogP contribution is -2.14. The monoisotopic (exact) mass is 281 g/mol. The molecule has 0 bridgehead atoms. The van der Waals surface area contributed by atoms with Gasteiger partial charge in [-0.3, -0.25) is 0 Å². The van der Waals surface area contributed by atoms with Gasteiger partial charge in [0.1, 0.15) is 0 Å². The fourth-order valence-corrected chi connectivity index (χ4v) is 2.70. The molecule has 2 aromatic rings. The minimum atomic E-state index is 0.772. The second kappa shape index (κ2) is 8.51. The fraction of sp³-hybridized carbons (Fsp3) is 0.400. The zero-order valence-electron chi connectivity index (χ0n) is 13.3. The zero-order chi connectivity index (χ0) is 14.9. The summed E-state index contributed by atoms with van der Waals surface area (Å²) in [7, 11) is 0. The van der Waals surface area contributed by atoms with Crippen molar-refractivity contribution in [3.63, 3.8) is 0 Å². The first kappa shape index (κ1) is 15.6. The molecule has 0 aliphatic carbocycles. The van der Waals surface area contributed by atoms with E-state index in [4.69, 9.17) is 0 Å². The van der Waals surface area contributed by atoms with Crippen molar-refractivity contribution < 1.29 is 0 Å². The smallest absolute Gasteiger partial charge is 0.0419 e. The van der Waals surface area contributed by atoms with Crippen LogP contribution in [0, 0.1) is 5.92 Å². The van der Waals surface area contributed by atoms with Gasteiger partial charge in [0.05, 0.1) is 0 Å². The first-order valence-corrected chi connectivity index (χ1v) is 8.23. The Labute approximate surface area is 129 Å². The Balaban J connectivity index is 2.07. The van der Waals surface area contributed by atoms with Gasteiger partial charge >= 0.3 is 0 Å². The van der Waals surface area contributed by atoms with E-state index in [0.717, 1.165) is 12.5 Å². The normalized spacial score (nSPS) is 12.1. The highest BCUT2D eigenvalue weighted by Gasteiger charge is 2.08. The lowest BCUT2D eigenvalue weighted by Gasteiger charge is -2.18. The van der Waals surface area contributed by atoms with Gasteiger partial charge in [0.15, 0.2) is 0 Å². The molecule has 2 aromatic carbocycles. The Morgan fingerprint density at radius 3 is 2.33 bits per heavy atom. The average molecular weight is 281 g/mol. The van der Waals surface area contributed by atoms with Crippen LogP contribution in [0.25, 0.3) is 11.1 Å². The lowest BCUT2D eigenvalue weighted by molar-refractivity contribution is 0.473. The van der Waals surface area contributed by atoms with Crippen LogP contribution in [0.5, 0.6) is 0 Å². The molecule has 0 radical (unpaired) electrons. The summed E-state index contributed by atoms with van der Waals surface area (Å²) in [6, 6.07) is 19.2. The van der Waals surface area contributed by atoms with E-state index in [9.17, 15) is 0 Å². The van der Waals surface area contributed by atoms with E-state index in [2.05, 4.69) is 73.8 Å². The van der Waals surface area contributed by atoms with E-state index >= 15 is 0 Å². The molecule has 0 saturated carbocycles. The predicted octanol–water partition coefficient (Wildman–Crippen LogP) is 5.98. The molecule has 1 heteroatoms. The van der Waals surface area contributed by atoms with Crippen LogP contribution in [-0.2, 0) is 0 Å². The summed E-state index contributed by atoms with van der Waals surface area (Å²) >= 11 is 0. The standard InChI is InChI=1S/C20H27N/c1-3-5-11-17(4-2)16-21-20-15-10-9-14-19(20)18-12-7-6-8-13-18/h6-10,12-15,17,21H,3-5,11,16H2,1-2H3. The van der Waals surface area contributed by atoms with Crippen LogP contribution in [-0.4, -0.2) is 6.54 Å². The summed E-state index contributed by atoms with van der Waals surface area (Å²) in [5, 5.41) is 3.67. The molecule has 1 unspecified atom stereocenters. The number of unbranched alkanes of at least 4 members (excludes halogenated alkanes) is 1. The summed E-state index contributed by atoms with van der Waals surface area (Å²) in [6.07, 6.45) is 5.20. The highest BCUT2D eigenvalue weighted by atomic mass is 14.9. The molecular formula is C20H27N. The van der Waals surface area contributed by atoms with Crippen LogP contribution < -0.4 is 5.32 Å². The van der Waals surface area contributed by atoms with E-state index in [1.807, 2.05) is 0 Å². The van der Waals surface area contributed by atoms with Gasteiger partial charge in [0, 0.05) is 17.8 Å². The maximum Gasteiger partial charge on any atom is 0.0419 e. The molecule has 1 N–H and O–H groups in total. The number of para-hydroxylation sites is 1. The Hall–Kier alpha value is -1.76. The quantitative estimate of drug-likeness (QED) is 0.627. The maximum absolute atomic E-state index is 3.67. The van der Waals surface area contributed by atoms with E-state index in [1.54, 1.807) is 0 Å². The van der Waals surface area contributed by atoms with Crippen molar-refractivity contribution in [2.24, 2.45) is 5.92 Å². The van der Waals surface area contributed by atoms with Gasteiger partial charge in [-0.1, -0.05) is 81.6 Å². The molecule has 0 aliphatic heterocycles. The minimum absolute atomic E-state index is 0.772. The molecule has 0 fully saturated rings. The van der Waals surface area contributed by atoms with Crippen molar-refractivity contribution in [1.82, 2.24) is 0 Å². The second-order valence-electron chi connectivity index (χ2n) is 5.71. The van der Waals surface area contributed by atoms with E-state index < -0.39 is 0 Å². The number of nitrogens with one attached hydrogen (secondary N) is 1. The Morgan fingerprint density at radius 1 is 0.905 bits per heavy atom. The van der Waals surface area contributed by atoms with Crippen LogP contribution in [0.2, 0.25) is 0 Å². The van der Waals surface area contributed by atoms with Crippen molar-refractivity contribution in [1.29, 1.82) is 0 Å². The highest BCUT2D eigenvalue weighted by Crippen LogP contribution is 2.28. The van der Waals surface area contributed by atoms with Crippen molar-refractivity contribution in [3.8, 4) is 11.1 Å². The van der Waals surface area contributed by atoms with E-state index in [1.165, 1.54) is 42.5 Å². The third-order valence-electron chi connectivity index (χ3n) is 4.14. The molecule has 0 saturated heterocycles. The second-order valence-corrected chi connectivity index (χ2v) is 5.71. The van der Waals surface area contributed by atoms with Crippen LogP contribution >= 0.6 is 0 Å². The van der Waals surface area contributed by atoms with Gasteiger partial charge in [-0.05, 0) is 24.0 Å². The molecule has 2 rings (SSSR count). The Kier molecular flexibility index (Phi) is 6.33. The van der Waals surface area contributed by atoms with Crippen molar-refractivity contribution in [2.45, 2.75) is 39.5 Å². The summed E-state index contributed by atoms with van der Waals surface area (Å²) < 4.78 is 0. The molecule has 0 aliphatic rings. The van der Waals surface area contributed by atoms with Crippen LogP contribution in [0.15, 0.2) is 54.6 Å². The molecule has 21 heavy (non-hydrogen) atoms. The van der Waals surface area contributed by atoms with Crippen LogP contribution in [0.3, 0.4) is 0 Å². The largest absolute Gasteiger partial charge is 0.384 e. The first-order valence-electron chi connectivity index (χ1n) is 8.23. The molecule has 1 nitrogen and oxygen atoms in total. The third kappa shape index (κ3) is 4.63. The number of hydrogen-bond acceptors (Lipinski definition) is 1. The lowest BCUT2D eigenvalue weighted by atomic mass is 9.98. The third-order valence-corrected chi connectivity index (χ3v) is 4.14. The van der Waals surface area contributed by atoms with Gasteiger partial charge in [-0.2, -0.15) is 0 Å². The van der Waals surface area contributed by atoms with Crippen LogP contribution in [0.1, 0.15) is 39.5 Å². The number of anilines is 1. The van der Waals surface area contributed by atoms with Crippen LogP contribution in [0.4, 0.5) is 5.69 Å². The summed E-state index contributed by atoms with van der Waals surface area (Å²) in [5.41, 5.74) is 3.82. The molecule has 0 spiro atoms. The molecule has 1 atom stereocenters. The van der Waals surface area contributed by atoms with E-state index in [0.29, 0.717) is 0 Å².